The van der Waals surface area contributed by atoms with Crippen molar-refractivity contribution in [1.29, 1.82) is 0 Å². The zero-order valence-corrected chi connectivity index (χ0v) is 10.4. The van der Waals surface area contributed by atoms with Crippen LogP contribution in [0.1, 0.15) is 6.92 Å². The number of hydrogen-bond donors (Lipinski definition) is 0. The van der Waals surface area contributed by atoms with Crippen LogP contribution in [-0.2, 0) is 6.54 Å². The van der Waals surface area contributed by atoms with Gasteiger partial charge in [-0.25, -0.2) is 4.57 Å². The van der Waals surface area contributed by atoms with E-state index in [4.69, 9.17) is 0 Å². The van der Waals surface area contributed by atoms with Gasteiger partial charge in [-0.15, -0.1) is 0 Å². The Labute approximate surface area is 107 Å². The predicted molar refractivity (Wildman–Crippen MR) is 71.8 cm³/mol. The van der Waals surface area contributed by atoms with Crippen LogP contribution in [0.5, 0.6) is 0 Å². The van der Waals surface area contributed by atoms with Crippen molar-refractivity contribution in [3.05, 3.63) is 67.3 Å². The van der Waals surface area contributed by atoms with Crippen molar-refractivity contribution in [2.75, 3.05) is 0 Å². The van der Waals surface area contributed by atoms with E-state index in [1.165, 1.54) is 0 Å². The predicted octanol–water partition coefficient (Wildman–Crippen LogP) is 2.62. The SMILES string of the molecule is CC[n+]1ccccc1.c1ccc2nccnc2c1. The maximum Gasteiger partial charge on any atom is 0.168 e. The van der Waals surface area contributed by atoms with Gasteiger partial charge in [0.1, 0.15) is 6.54 Å². The summed E-state index contributed by atoms with van der Waals surface area (Å²) in [5.41, 5.74) is 1.90. The van der Waals surface area contributed by atoms with E-state index in [9.17, 15) is 0 Å². The average Bonchev–Trinajstić information content (AvgIpc) is 2.49. The third-order valence-electron chi connectivity index (χ3n) is 2.52. The van der Waals surface area contributed by atoms with Crippen molar-refractivity contribution in [1.82, 2.24) is 9.97 Å². The molecule has 0 N–H and O–H groups in total. The van der Waals surface area contributed by atoms with Gasteiger partial charge in [0, 0.05) is 24.5 Å². The Kier molecular flexibility index (Phi) is 4.36. The van der Waals surface area contributed by atoms with Gasteiger partial charge in [0.2, 0.25) is 0 Å². The molecule has 2 aromatic heterocycles. The molecule has 1 aromatic carbocycles. The molecule has 0 bridgehead atoms. The summed E-state index contributed by atoms with van der Waals surface area (Å²) in [7, 11) is 0. The number of benzene rings is 1. The molecular formula is C15H16N3+. The third-order valence-corrected chi connectivity index (χ3v) is 2.52. The van der Waals surface area contributed by atoms with Gasteiger partial charge in [-0.3, -0.25) is 9.97 Å². The van der Waals surface area contributed by atoms with Crippen LogP contribution in [0.25, 0.3) is 11.0 Å². The molecule has 0 saturated heterocycles. The van der Waals surface area contributed by atoms with Crippen LogP contribution in [0.3, 0.4) is 0 Å². The summed E-state index contributed by atoms with van der Waals surface area (Å²) in [6, 6.07) is 13.9. The van der Waals surface area contributed by atoms with Gasteiger partial charge in [0.05, 0.1) is 11.0 Å². The molecule has 0 aliphatic rings. The maximum atomic E-state index is 4.12. The highest BCUT2D eigenvalue weighted by Crippen LogP contribution is 2.04. The fraction of sp³-hybridized carbons (Fsp3) is 0.133. The fourth-order valence-electron chi connectivity index (χ4n) is 1.55. The first-order chi connectivity index (χ1) is 8.90. The lowest BCUT2D eigenvalue weighted by Crippen LogP contribution is -2.30. The van der Waals surface area contributed by atoms with Crippen LogP contribution in [0.15, 0.2) is 67.3 Å². The molecule has 0 radical (unpaired) electrons. The van der Waals surface area contributed by atoms with Gasteiger partial charge in [0.15, 0.2) is 12.4 Å². The number of rotatable bonds is 1. The Morgan fingerprint density at radius 3 is 1.83 bits per heavy atom. The van der Waals surface area contributed by atoms with Gasteiger partial charge in [-0.1, -0.05) is 18.2 Å². The van der Waals surface area contributed by atoms with E-state index in [-0.39, 0.29) is 0 Å². The zero-order chi connectivity index (χ0) is 12.6. The molecule has 0 fully saturated rings. The molecule has 0 spiro atoms. The smallest absolute Gasteiger partial charge is 0.168 e. The summed E-state index contributed by atoms with van der Waals surface area (Å²) in [5, 5.41) is 0. The molecule has 0 unspecified atom stereocenters. The number of nitrogens with zero attached hydrogens (tertiary/aromatic N) is 3. The first kappa shape index (κ1) is 12.2. The number of hydrogen-bond acceptors (Lipinski definition) is 2. The molecule has 0 aliphatic carbocycles. The number of aryl methyl sites for hydroxylation is 1. The summed E-state index contributed by atoms with van der Waals surface area (Å²) in [6.45, 7) is 3.18. The molecule has 90 valence electrons. The van der Waals surface area contributed by atoms with E-state index in [1.807, 2.05) is 42.5 Å². The molecule has 3 nitrogen and oxygen atoms in total. The van der Waals surface area contributed by atoms with E-state index in [2.05, 4.69) is 33.9 Å². The van der Waals surface area contributed by atoms with E-state index in [0.29, 0.717) is 0 Å². The molecule has 0 atom stereocenters. The molecule has 0 aliphatic heterocycles. The molecular weight excluding hydrogens is 222 g/mol. The number of para-hydroxylation sites is 2. The second kappa shape index (κ2) is 6.45. The van der Waals surface area contributed by atoms with Gasteiger partial charge < -0.3 is 0 Å². The van der Waals surface area contributed by atoms with Crippen molar-refractivity contribution in [2.45, 2.75) is 13.5 Å². The minimum Gasteiger partial charge on any atom is -0.253 e. The summed E-state index contributed by atoms with van der Waals surface area (Å²) in [5.74, 6) is 0. The van der Waals surface area contributed by atoms with E-state index in [1.54, 1.807) is 12.4 Å². The van der Waals surface area contributed by atoms with E-state index >= 15 is 0 Å². The van der Waals surface area contributed by atoms with Crippen LogP contribution in [0, 0.1) is 0 Å². The fourth-order valence-corrected chi connectivity index (χ4v) is 1.55. The Hall–Kier alpha value is -2.29. The molecule has 3 heteroatoms. The number of pyridine rings is 1. The lowest BCUT2D eigenvalue weighted by Gasteiger charge is -1.90. The van der Waals surface area contributed by atoms with Gasteiger partial charge in [0.25, 0.3) is 0 Å². The molecule has 3 rings (SSSR count). The van der Waals surface area contributed by atoms with Gasteiger partial charge in [-0.2, -0.15) is 0 Å². The molecule has 3 aromatic rings. The van der Waals surface area contributed by atoms with Crippen LogP contribution in [0.4, 0.5) is 0 Å². The second-order valence-electron chi connectivity index (χ2n) is 3.75. The lowest BCUT2D eigenvalue weighted by molar-refractivity contribution is -0.693. The minimum absolute atomic E-state index is 0.949. The standard InChI is InChI=1S/C8H6N2.C7H10N/c1-2-4-8-7(3-1)9-5-6-10-8;1-2-8-6-4-3-5-7-8/h1-6H;3-7H,2H2,1H3/q;+1. The Morgan fingerprint density at radius 1 is 0.833 bits per heavy atom. The van der Waals surface area contributed by atoms with Crippen molar-refractivity contribution >= 4 is 11.0 Å². The topological polar surface area (TPSA) is 29.7 Å². The normalized spacial score (nSPS) is 9.61. The first-order valence-electron chi connectivity index (χ1n) is 6.00. The zero-order valence-electron chi connectivity index (χ0n) is 10.4. The van der Waals surface area contributed by atoms with Crippen molar-refractivity contribution < 1.29 is 4.57 Å². The molecule has 0 amide bonds. The molecule has 18 heavy (non-hydrogen) atoms. The Bertz CT molecular complexity index is 528. The summed E-state index contributed by atoms with van der Waals surface area (Å²) in [6.07, 6.45) is 7.50. The van der Waals surface area contributed by atoms with Crippen LogP contribution < -0.4 is 4.57 Å². The highest BCUT2D eigenvalue weighted by Gasteiger charge is 1.88. The largest absolute Gasteiger partial charge is 0.253 e. The molecule has 2 heterocycles. The van der Waals surface area contributed by atoms with Crippen LogP contribution in [0.2, 0.25) is 0 Å². The summed E-state index contributed by atoms with van der Waals surface area (Å²) in [4.78, 5) is 8.24. The monoisotopic (exact) mass is 238 g/mol. The van der Waals surface area contributed by atoms with Gasteiger partial charge >= 0.3 is 0 Å². The van der Waals surface area contributed by atoms with E-state index in [0.717, 1.165) is 17.6 Å². The first-order valence-corrected chi connectivity index (χ1v) is 6.00. The summed E-state index contributed by atoms with van der Waals surface area (Å²) < 4.78 is 2.12. The number of aromatic nitrogens is 3. The third kappa shape index (κ3) is 3.35. The van der Waals surface area contributed by atoms with Crippen LogP contribution in [-0.4, -0.2) is 9.97 Å². The minimum atomic E-state index is 0.949. The Morgan fingerprint density at radius 2 is 1.39 bits per heavy atom. The Balaban J connectivity index is 0.000000138. The highest BCUT2D eigenvalue weighted by molar-refractivity contribution is 5.72. The van der Waals surface area contributed by atoms with Crippen molar-refractivity contribution in [3.63, 3.8) is 0 Å². The number of fused-ring (bicyclic) bond motifs is 1. The molecule has 0 saturated carbocycles. The second-order valence-corrected chi connectivity index (χ2v) is 3.75. The highest BCUT2D eigenvalue weighted by atomic mass is 14.9. The van der Waals surface area contributed by atoms with Crippen molar-refractivity contribution in [2.24, 2.45) is 0 Å². The lowest BCUT2D eigenvalue weighted by atomic mass is 10.3. The van der Waals surface area contributed by atoms with Gasteiger partial charge in [-0.05, 0) is 19.1 Å². The maximum absolute atomic E-state index is 4.12. The van der Waals surface area contributed by atoms with Crippen molar-refractivity contribution in [3.8, 4) is 0 Å². The van der Waals surface area contributed by atoms with Crippen LogP contribution >= 0.6 is 0 Å². The quantitative estimate of drug-likeness (QED) is 0.610. The average molecular weight is 238 g/mol. The van der Waals surface area contributed by atoms with E-state index < -0.39 is 0 Å². The summed E-state index contributed by atoms with van der Waals surface area (Å²) >= 11 is 0.